The molecular weight excluding hydrogens is 286 g/mol. The number of halogens is 1. The zero-order valence-corrected chi connectivity index (χ0v) is 10.9. The molecule has 5 nitrogen and oxygen atoms in total. The summed E-state index contributed by atoms with van der Waals surface area (Å²) in [6, 6.07) is 5.54. The van der Waals surface area contributed by atoms with Crippen LogP contribution in [0.4, 0.5) is 0 Å². The van der Waals surface area contributed by atoms with Gasteiger partial charge in [-0.25, -0.2) is 9.48 Å². The molecule has 0 radical (unpaired) electrons. The molecule has 1 N–H and O–H groups in total. The Balaban J connectivity index is 2.65. The molecule has 0 atom stereocenters. The van der Waals surface area contributed by atoms with Gasteiger partial charge in [-0.15, -0.1) is 5.10 Å². The molecule has 0 aliphatic rings. The van der Waals surface area contributed by atoms with Crippen molar-refractivity contribution in [2.45, 2.75) is 13.8 Å². The van der Waals surface area contributed by atoms with E-state index in [1.165, 1.54) is 4.68 Å². The molecule has 0 aliphatic carbocycles. The van der Waals surface area contributed by atoms with Crippen LogP contribution in [0.2, 0.25) is 0 Å². The van der Waals surface area contributed by atoms with Crippen molar-refractivity contribution in [1.29, 1.82) is 0 Å². The summed E-state index contributed by atoms with van der Waals surface area (Å²) in [6.07, 6.45) is 0. The third-order valence-electron chi connectivity index (χ3n) is 2.43. The molecule has 0 spiro atoms. The van der Waals surface area contributed by atoms with Gasteiger partial charge in [0.15, 0.2) is 5.69 Å². The number of aryl methyl sites for hydroxylation is 2. The lowest BCUT2D eigenvalue weighted by Gasteiger charge is -2.07. The van der Waals surface area contributed by atoms with Crippen LogP contribution in [-0.4, -0.2) is 26.1 Å². The maximum atomic E-state index is 11.1. The minimum Gasteiger partial charge on any atom is -0.476 e. The molecule has 2 rings (SSSR count). The molecule has 0 aliphatic heterocycles. The van der Waals surface area contributed by atoms with Crippen molar-refractivity contribution in [2.75, 3.05) is 0 Å². The SMILES string of the molecule is Cc1cc(Br)ccc1-n1nnc(C)c1C(=O)O. The van der Waals surface area contributed by atoms with Crippen molar-refractivity contribution in [3.63, 3.8) is 0 Å². The van der Waals surface area contributed by atoms with Gasteiger partial charge in [0.1, 0.15) is 0 Å². The van der Waals surface area contributed by atoms with E-state index in [0.29, 0.717) is 11.4 Å². The predicted molar refractivity (Wildman–Crippen MR) is 65.5 cm³/mol. The zero-order valence-electron chi connectivity index (χ0n) is 9.31. The van der Waals surface area contributed by atoms with Gasteiger partial charge in [0.25, 0.3) is 0 Å². The summed E-state index contributed by atoms with van der Waals surface area (Å²) in [5.74, 6) is -1.03. The number of nitrogens with zero attached hydrogens (tertiary/aromatic N) is 3. The molecule has 1 aromatic heterocycles. The van der Waals surface area contributed by atoms with Crippen LogP contribution in [0, 0.1) is 13.8 Å². The number of benzene rings is 1. The third-order valence-corrected chi connectivity index (χ3v) is 2.92. The number of aromatic carboxylic acids is 1. The second-order valence-electron chi connectivity index (χ2n) is 3.67. The van der Waals surface area contributed by atoms with Crippen molar-refractivity contribution in [2.24, 2.45) is 0 Å². The molecule has 0 amide bonds. The van der Waals surface area contributed by atoms with Crippen LogP contribution < -0.4 is 0 Å². The lowest BCUT2D eigenvalue weighted by molar-refractivity contribution is 0.0686. The molecule has 17 heavy (non-hydrogen) atoms. The van der Waals surface area contributed by atoms with Crippen LogP contribution in [0.1, 0.15) is 21.7 Å². The molecule has 2 aromatic rings. The van der Waals surface area contributed by atoms with Crippen LogP contribution in [0.25, 0.3) is 5.69 Å². The minimum atomic E-state index is -1.03. The Morgan fingerprint density at radius 1 is 1.41 bits per heavy atom. The molecular formula is C11H10BrN3O2. The van der Waals surface area contributed by atoms with Gasteiger partial charge in [0.2, 0.25) is 0 Å². The Labute approximate surface area is 106 Å². The maximum absolute atomic E-state index is 11.1. The van der Waals surface area contributed by atoms with Crippen molar-refractivity contribution in [3.05, 3.63) is 39.6 Å². The molecule has 0 unspecified atom stereocenters. The summed E-state index contributed by atoms with van der Waals surface area (Å²) in [4.78, 5) is 11.1. The first kappa shape index (κ1) is 11.8. The number of hydrogen-bond donors (Lipinski definition) is 1. The minimum absolute atomic E-state index is 0.0930. The van der Waals surface area contributed by atoms with Gasteiger partial charge in [-0.1, -0.05) is 21.1 Å². The molecule has 6 heteroatoms. The number of hydrogen-bond acceptors (Lipinski definition) is 3. The van der Waals surface area contributed by atoms with Crippen LogP contribution in [0.3, 0.4) is 0 Å². The molecule has 0 saturated carbocycles. The normalized spacial score (nSPS) is 10.5. The molecule has 0 saturated heterocycles. The fourth-order valence-electron chi connectivity index (χ4n) is 1.63. The van der Waals surface area contributed by atoms with E-state index in [2.05, 4.69) is 26.2 Å². The van der Waals surface area contributed by atoms with Crippen molar-refractivity contribution >= 4 is 21.9 Å². The topological polar surface area (TPSA) is 68.0 Å². The monoisotopic (exact) mass is 295 g/mol. The maximum Gasteiger partial charge on any atom is 0.356 e. The largest absolute Gasteiger partial charge is 0.476 e. The molecule has 88 valence electrons. The fourth-order valence-corrected chi connectivity index (χ4v) is 2.10. The molecule has 1 aromatic carbocycles. The van der Waals surface area contributed by atoms with Gasteiger partial charge in [-0.2, -0.15) is 0 Å². The van der Waals surface area contributed by atoms with Gasteiger partial charge in [-0.05, 0) is 37.6 Å². The second kappa shape index (κ2) is 4.29. The average molecular weight is 296 g/mol. The predicted octanol–water partition coefficient (Wildman–Crippen LogP) is 2.34. The van der Waals surface area contributed by atoms with Gasteiger partial charge >= 0.3 is 5.97 Å². The Bertz CT molecular complexity index is 592. The number of rotatable bonds is 2. The van der Waals surface area contributed by atoms with Crippen LogP contribution in [0.5, 0.6) is 0 Å². The van der Waals surface area contributed by atoms with E-state index in [1.807, 2.05) is 19.1 Å². The van der Waals surface area contributed by atoms with E-state index in [9.17, 15) is 4.79 Å². The molecule has 0 fully saturated rings. The highest BCUT2D eigenvalue weighted by molar-refractivity contribution is 9.10. The summed E-state index contributed by atoms with van der Waals surface area (Å²) in [7, 11) is 0. The van der Waals surface area contributed by atoms with Crippen molar-refractivity contribution < 1.29 is 9.90 Å². The number of aromatic nitrogens is 3. The van der Waals surface area contributed by atoms with E-state index in [0.717, 1.165) is 10.0 Å². The molecule has 1 heterocycles. The van der Waals surface area contributed by atoms with Crippen LogP contribution in [-0.2, 0) is 0 Å². The number of carboxylic acids is 1. The summed E-state index contributed by atoms with van der Waals surface area (Å²) < 4.78 is 2.28. The average Bonchev–Trinajstić information content (AvgIpc) is 2.60. The third kappa shape index (κ3) is 2.08. The number of carbonyl (C=O) groups is 1. The first-order chi connectivity index (χ1) is 8.00. The summed E-state index contributed by atoms with van der Waals surface area (Å²) in [5.41, 5.74) is 2.13. The van der Waals surface area contributed by atoms with E-state index in [4.69, 9.17) is 5.11 Å². The Kier molecular flexibility index (Phi) is 2.97. The Hall–Kier alpha value is -1.69. The smallest absolute Gasteiger partial charge is 0.356 e. The van der Waals surface area contributed by atoms with E-state index >= 15 is 0 Å². The van der Waals surface area contributed by atoms with E-state index < -0.39 is 5.97 Å². The van der Waals surface area contributed by atoms with E-state index in [1.54, 1.807) is 13.0 Å². The standard InChI is InChI=1S/C11H10BrN3O2/c1-6-5-8(12)3-4-9(6)15-10(11(16)17)7(2)13-14-15/h3-5H,1-2H3,(H,16,17). The first-order valence-electron chi connectivity index (χ1n) is 4.93. The van der Waals surface area contributed by atoms with Crippen molar-refractivity contribution in [3.8, 4) is 5.69 Å². The van der Waals surface area contributed by atoms with Gasteiger partial charge in [-0.3, -0.25) is 0 Å². The lowest BCUT2D eigenvalue weighted by atomic mass is 10.2. The highest BCUT2D eigenvalue weighted by Gasteiger charge is 2.18. The first-order valence-corrected chi connectivity index (χ1v) is 5.72. The van der Waals surface area contributed by atoms with Gasteiger partial charge in [0.05, 0.1) is 11.4 Å². The highest BCUT2D eigenvalue weighted by atomic mass is 79.9. The van der Waals surface area contributed by atoms with Gasteiger partial charge < -0.3 is 5.11 Å². The second-order valence-corrected chi connectivity index (χ2v) is 4.59. The highest BCUT2D eigenvalue weighted by Crippen LogP contribution is 2.20. The summed E-state index contributed by atoms with van der Waals surface area (Å²) >= 11 is 3.36. The Morgan fingerprint density at radius 2 is 2.12 bits per heavy atom. The van der Waals surface area contributed by atoms with Crippen LogP contribution in [0.15, 0.2) is 22.7 Å². The summed E-state index contributed by atoms with van der Waals surface area (Å²) in [6.45, 7) is 3.52. The van der Waals surface area contributed by atoms with Crippen LogP contribution >= 0.6 is 15.9 Å². The van der Waals surface area contributed by atoms with Gasteiger partial charge in [0, 0.05) is 4.47 Å². The fraction of sp³-hybridized carbons (Fsp3) is 0.182. The Morgan fingerprint density at radius 3 is 2.71 bits per heavy atom. The zero-order chi connectivity index (χ0) is 12.6. The number of carboxylic acid groups (broad SMARTS) is 1. The quantitative estimate of drug-likeness (QED) is 0.923. The van der Waals surface area contributed by atoms with E-state index in [-0.39, 0.29) is 5.69 Å². The molecule has 0 bridgehead atoms. The lowest BCUT2D eigenvalue weighted by Crippen LogP contribution is -2.10. The van der Waals surface area contributed by atoms with Crippen molar-refractivity contribution in [1.82, 2.24) is 15.0 Å². The summed E-state index contributed by atoms with van der Waals surface area (Å²) in [5, 5.41) is 16.8.